The molecule has 0 aliphatic carbocycles. The minimum Gasteiger partial charge on any atom is -0.387 e. The van der Waals surface area contributed by atoms with E-state index in [1.807, 2.05) is 60.5 Å². The van der Waals surface area contributed by atoms with E-state index in [1.165, 1.54) is 0 Å². The zero-order chi connectivity index (χ0) is 42.4. The number of amides is 3. The van der Waals surface area contributed by atoms with Gasteiger partial charge in [-0.25, -0.2) is 0 Å². The Morgan fingerprint density at radius 3 is 2.40 bits per heavy atom. The second-order valence-corrected chi connectivity index (χ2v) is 18.2. The molecule has 0 aromatic carbocycles. The van der Waals surface area contributed by atoms with E-state index in [0.717, 1.165) is 12.8 Å². The highest BCUT2D eigenvalue weighted by molar-refractivity contribution is 5.82. The molecule has 0 spiro atoms. The maximum absolute atomic E-state index is 14.7. The Morgan fingerprint density at radius 2 is 1.75 bits per heavy atom. The molecular weight excluding hydrogens is 736 g/mol. The number of methoxy groups -OCH3 is 1. The van der Waals surface area contributed by atoms with Crippen LogP contribution in [-0.4, -0.2) is 170 Å². The van der Waals surface area contributed by atoms with E-state index in [2.05, 4.69) is 10.2 Å². The van der Waals surface area contributed by atoms with E-state index in [1.54, 1.807) is 32.9 Å². The average Bonchev–Trinajstić information content (AvgIpc) is 3.61. The molecule has 4 rings (SSSR count). The summed E-state index contributed by atoms with van der Waals surface area (Å²) in [6, 6.07) is -0.318. The second kappa shape index (κ2) is 20.5. The van der Waals surface area contributed by atoms with Gasteiger partial charge in [0.1, 0.15) is 12.2 Å². The lowest BCUT2D eigenvalue weighted by Crippen LogP contribution is -2.61. The molecule has 4 heterocycles. The van der Waals surface area contributed by atoms with Crippen molar-refractivity contribution in [3.63, 3.8) is 0 Å². The maximum atomic E-state index is 14.7. The third kappa shape index (κ3) is 11.9. The molecule has 4 aliphatic rings. The van der Waals surface area contributed by atoms with E-state index in [9.17, 15) is 24.6 Å². The first kappa shape index (κ1) is 47.7. The van der Waals surface area contributed by atoms with Gasteiger partial charge in [-0.3, -0.25) is 14.4 Å². The number of aliphatic hydroxyl groups is 2. The van der Waals surface area contributed by atoms with E-state index in [4.69, 9.17) is 28.4 Å². The summed E-state index contributed by atoms with van der Waals surface area (Å²) in [5.74, 6) is -1.67. The van der Waals surface area contributed by atoms with Crippen LogP contribution in [-0.2, 0) is 42.8 Å². The minimum absolute atomic E-state index is 0.0205. The van der Waals surface area contributed by atoms with Crippen molar-refractivity contribution in [3.8, 4) is 0 Å². The first-order valence-corrected chi connectivity index (χ1v) is 21.4. The van der Waals surface area contributed by atoms with E-state index >= 15 is 0 Å². The molecule has 3 amide bonds. The van der Waals surface area contributed by atoms with Gasteiger partial charge in [0.05, 0.1) is 41.5 Å². The van der Waals surface area contributed by atoms with Crippen molar-refractivity contribution in [2.24, 2.45) is 17.8 Å². The molecule has 0 aromatic rings. The van der Waals surface area contributed by atoms with Crippen molar-refractivity contribution in [2.45, 2.75) is 179 Å². The average molecular weight is 813 g/mol. The Balaban J connectivity index is 1.77. The van der Waals surface area contributed by atoms with E-state index < -0.39 is 66.1 Å². The van der Waals surface area contributed by atoms with Crippen LogP contribution in [0.4, 0.5) is 0 Å². The summed E-state index contributed by atoms with van der Waals surface area (Å²) in [6.07, 6.45) is -1.90. The smallest absolute Gasteiger partial charge is 0.228 e. The number of aliphatic hydroxyl groups excluding tert-OH is 1. The summed E-state index contributed by atoms with van der Waals surface area (Å²) < 4.78 is 39.2. The summed E-state index contributed by atoms with van der Waals surface area (Å²) in [5, 5.41) is 26.7. The topological polar surface area (TPSA) is 169 Å². The number of hydrogen-bond acceptors (Lipinski definition) is 12. The lowest BCUT2D eigenvalue weighted by molar-refractivity contribution is -0.321. The molecule has 0 aromatic heterocycles. The monoisotopic (exact) mass is 813 g/mol. The van der Waals surface area contributed by atoms with Crippen LogP contribution in [0.15, 0.2) is 0 Å². The highest BCUT2D eigenvalue weighted by Gasteiger charge is 2.52. The van der Waals surface area contributed by atoms with Crippen molar-refractivity contribution in [2.75, 3.05) is 54.5 Å². The number of ether oxygens (including phenoxy) is 6. The number of likely N-dealkylation sites (N-methyl/N-ethyl adjacent to an activating group) is 1. The molecule has 15 heteroatoms. The fourth-order valence-corrected chi connectivity index (χ4v) is 9.64. The molecule has 4 aliphatic heterocycles. The zero-order valence-corrected chi connectivity index (χ0v) is 36.9. The molecule has 15 nitrogen and oxygen atoms in total. The van der Waals surface area contributed by atoms with Crippen LogP contribution in [0.2, 0.25) is 0 Å². The minimum atomic E-state index is -1.50. The van der Waals surface area contributed by atoms with Crippen LogP contribution in [0.5, 0.6) is 0 Å². The van der Waals surface area contributed by atoms with Crippen LogP contribution in [0.25, 0.3) is 0 Å². The third-order valence-corrected chi connectivity index (χ3v) is 12.9. The number of carbonyl (C=O) groups excluding carboxylic acids is 3. The van der Waals surface area contributed by atoms with E-state index in [0.29, 0.717) is 45.5 Å². The van der Waals surface area contributed by atoms with Gasteiger partial charge in [-0.15, -0.1) is 0 Å². The number of fused-ring (bicyclic) bond motifs is 1. The van der Waals surface area contributed by atoms with Crippen molar-refractivity contribution in [1.82, 2.24) is 20.0 Å². The lowest BCUT2D eigenvalue weighted by Gasteiger charge is -2.49. The third-order valence-electron chi connectivity index (χ3n) is 12.9. The zero-order valence-electron chi connectivity index (χ0n) is 36.9. The second-order valence-electron chi connectivity index (χ2n) is 18.2. The number of nitrogens with zero attached hydrogens (tertiary/aromatic N) is 3. The molecule has 15 atom stereocenters. The number of hydrogen-bond donors (Lipinski definition) is 3. The van der Waals surface area contributed by atoms with Crippen molar-refractivity contribution < 1.29 is 53.0 Å². The van der Waals surface area contributed by atoms with Gasteiger partial charge >= 0.3 is 0 Å². The molecule has 0 radical (unpaired) electrons. The molecular formula is C42H76N4O11. The lowest BCUT2D eigenvalue weighted by atomic mass is 9.77. The Kier molecular flexibility index (Phi) is 17.2. The first-order valence-electron chi connectivity index (χ1n) is 21.4. The van der Waals surface area contributed by atoms with Gasteiger partial charge in [0.15, 0.2) is 12.6 Å². The van der Waals surface area contributed by atoms with Gasteiger partial charge in [-0.05, 0) is 79.8 Å². The predicted molar refractivity (Wildman–Crippen MR) is 214 cm³/mol. The molecule has 0 bridgehead atoms. The Morgan fingerprint density at radius 1 is 1.05 bits per heavy atom. The van der Waals surface area contributed by atoms with Crippen LogP contribution in [0, 0.1) is 17.8 Å². The molecule has 330 valence electrons. The largest absolute Gasteiger partial charge is 0.387 e. The normalized spacial score (nSPS) is 41.6. The van der Waals surface area contributed by atoms with E-state index in [-0.39, 0.29) is 61.1 Å². The van der Waals surface area contributed by atoms with Crippen molar-refractivity contribution in [1.29, 1.82) is 0 Å². The molecule has 3 N–H and O–H groups in total. The molecule has 57 heavy (non-hydrogen) atoms. The molecule has 4 saturated heterocycles. The van der Waals surface area contributed by atoms with Crippen molar-refractivity contribution >= 4 is 17.7 Å². The summed E-state index contributed by atoms with van der Waals surface area (Å²) in [4.78, 5) is 45.8. The standard InChI is InChI=1S/C42H76N4O11/c1-13-32(47)43-17-15-19-53-36-31(44(9)10)20-26(3)54-40(36)57-38-27(4)35(56-34-23-42(8,52-12)37(49)29(6)55-34)28(5)39(50)46-18-14-16-30(46)21-33(48)45(11)24-25(2)22-41(38,7)51/h25-31,34-38,40,49,51H,13-24H2,1-12H3,(H,43,47)/t25-,26-,27+,28-,29+,30+,31+,34+,35+,36-,37?,38-,40+,41-,42-/m1/s1. The quantitative estimate of drug-likeness (QED) is 0.247. The predicted octanol–water partition coefficient (Wildman–Crippen LogP) is 2.93. The summed E-state index contributed by atoms with van der Waals surface area (Å²) >= 11 is 0. The molecule has 4 fully saturated rings. The molecule has 1 unspecified atom stereocenters. The number of nitrogens with one attached hydrogen (secondary N) is 1. The maximum Gasteiger partial charge on any atom is 0.228 e. The van der Waals surface area contributed by atoms with Gasteiger partial charge in [0.2, 0.25) is 17.7 Å². The van der Waals surface area contributed by atoms with Gasteiger partial charge < -0.3 is 58.7 Å². The Hall–Kier alpha value is -1.95. The number of carbonyl (C=O) groups is 3. The van der Waals surface area contributed by atoms with Crippen LogP contribution in [0.1, 0.15) is 107 Å². The fraction of sp³-hybridized carbons (Fsp3) is 0.929. The first-order chi connectivity index (χ1) is 26.7. The van der Waals surface area contributed by atoms with Crippen LogP contribution >= 0.6 is 0 Å². The van der Waals surface area contributed by atoms with Gasteiger partial charge in [0.25, 0.3) is 0 Å². The summed E-state index contributed by atoms with van der Waals surface area (Å²) in [5.41, 5.74) is -2.47. The Bertz CT molecular complexity index is 1320. The SMILES string of the molecule is CCC(=O)NCCCO[C@H]1[C@H](O[C@@H]2[C@@H](C)[C@H](O[C@H]3C[C@@](C)(OC)C(O)[C@H](C)O3)[C@@H](C)C(=O)N3CCC[C@H]3CC(=O)N(C)C[C@H](C)C[C@@]2(C)O)O[C@H](C)C[C@@H]1N(C)C. The van der Waals surface area contributed by atoms with Crippen molar-refractivity contribution in [3.05, 3.63) is 0 Å². The number of rotatable bonds is 12. The van der Waals surface area contributed by atoms with Crippen LogP contribution < -0.4 is 5.32 Å². The highest BCUT2D eigenvalue weighted by atomic mass is 16.7. The molecule has 0 saturated carbocycles. The summed E-state index contributed by atoms with van der Waals surface area (Å²) in [7, 11) is 7.33. The highest BCUT2D eigenvalue weighted by Crippen LogP contribution is 2.40. The van der Waals surface area contributed by atoms with Gasteiger partial charge in [-0.2, -0.15) is 0 Å². The fourth-order valence-electron chi connectivity index (χ4n) is 9.64. The van der Waals surface area contributed by atoms with Gasteiger partial charge in [-0.1, -0.05) is 27.7 Å². The summed E-state index contributed by atoms with van der Waals surface area (Å²) in [6.45, 7) is 16.7. The Labute approximate surface area is 341 Å². The van der Waals surface area contributed by atoms with Gasteiger partial charge in [0, 0.05) is 77.7 Å². The van der Waals surface area contributed by atoms with Crippen LogP contribution in [0.3, 0.4) is 0 Å².